The van der Waals surface area contributed by atoms with E-state index in [-0.39, 0.29) is 18.1 Å². The first-order valence-corrected chi connectivity index (χ1v) is 7.42. The third kappa shape index (κ3) is 3.98. The van der Waals surface area contributed by atoms with Gasteiger partial charge in [0.2, 0.25) is 5.91 Å². The van der Waals surface area contributed by atoms with E-state index >= 15 is 0 Å². The summed E-state index contributed by atoms with van der Waals surface area (Å²) in [4.78, 5) is 25.2. The number of benzene rings is 1. The van der Waals surface area contributed by atoms with Crippen LogP contribution in [0.5, 0.6) is 0 Å². The van der Waals surface area contributed by atoms with Gasteiger partial charge in [0.25, 0.3) is 0 Å². The van der Waals surface area contributed by atoms with Crippen molar-refractivity contribution >= 4 is 23.3 Å². The molecule has 0 spiro atoms. The molecule has 120 valence electrons. The molecule has 1 heterocycles. The standard InChI is InChI=1S/C16H22N2O4/c1-11-4-3-7-18(9-11)12-5-6-14(13(8-12)16(20)21)17-15(19)10-22-2/h5-6,8,11H,3-4,7,9-10H2,1-2H3,(H,17,19)(H,20,21). The van der Waals surface area contributed by atoms with Crippen molar-refractivity contribution in [2.75, 3.05) is 37.0 Å². The van der Waals surface area contributed by atoms with Crippen LogP contribution in [0.3, 0.4) is 0 Å². The molecule has 22 heavy (non-hydrogen) atoms. The Balaban J connectivity index is 2.23. The van der Waals surface area contributed by atoms with Gasteiger partial charge in [-0.1, -0.05) is 6.92 Å². The molecule has 2 N–H and O–H groups in total. The minimum atomic E-state index is -1.06. The number of carbonyl (C=O) groups excluding carboxylic acids is 1. The lowest BCUT2D eigenvalue weighted by Crippen LogP contribution is -2.34. The molecule has 0 radical (unpaired) electrons. The zero-order chi connectivity index (χ0) is 16.1. The van der Waals surface area contributed by atoms with Gasteiger partial charge in [0.1, 0.15) is 6.61 Å². The van der Waals surface area contributed by atoms with E-state index < -0.39 is 5.97 Å². The average molecular weight is 306 g/mol. The number of ether oxygens (including phenoxy) is 1. The van der Waals surface area contributed by atoms with E-state index in [1.807, 2.05) is 6.07 Å². The van der Waals surface area contributed by atoms with E-state index in [0.29, 0.717) is 11.6 Å². The highest BCUT2D eigenvalue weighted by Gasteiger charge is 2.19. The number of anilines is 2. The summed E-state index contributed by atoms with van der Waals surface area (Å²) in [6.45, 7) is 3.95. The molecule has 1 saturated heterocycles. The van der Waals surface area contributed by atoms with Crippen molar-refractivity contribution < 1.29 is 19.4 Å². The predicted molar refractivity (Wildman–Crippen MR) is 84.5 cm³/mol. The van der Waals surface area contributed by atoms with Gasteiger partial charge in [0, 0.05) is 25.9 Å². The van der Waals surface area contributed by atoms with Crippen LogP contribution in [0.15, 0.2) is 18.2 Å². The Morgan fingerprint density at radius 1 is 1.45 bits per heavy atom. The van der Waals surface area contributed by atoms with Crippen LogP contribution in [0.25, 0.3) is 0 Å². The van der Waals surface area contributed by atoms with Gasteiger partial charge in [-0.05, 0) is 37.0 Å². The first-order valence-electron chi connectivity index (χ1n) is 7.42. The van der Waals surface area contributed by atoms with Crippen LogP contribution < -0.4 is 10.2 Å². The quantitative estimate of drug-likeness (QED) is 0.872. The third-order valence-electron chi connectivity index (χ3n) is 3.81. The summed E-state index contributed by atoms with van der Waals surface area (Å²) >= 11 is 0. The fourth-order valence-electron chi connectivity index (χ4n) is 2.76. The van der Waals surface area contributed by atoms with Crippen LogP contribution >= 0.6 is 0 Å². The Morgan fingerprint density at radius 2 is 2.23 bits per heavy atom. The molecule has 2 rings (SSSR count). The summed E-state index contributed by atoms with van der Waals surface area (Å²) < 4.78 is 4.74. The third-order valence-corrected chi connectivity index (χ3v) is 3.81. The topological polar surface area (TPSA) is 78.9 Å². The van der Waals surface area contributed by atoms with Crippen molar-refractivity contribution in [2.24, 2.45) is 5.92 Å². The van der Waals surface area contributed by atoms with E-state index in [9.17, 15) is 14.7 Å². The number of carbonyl (C=O) groups is 2. The summed E-state index contributed by atoms with van der Waals surface area (Å²) in [5.41, 5.74) is 1.28. The molecule has 0 saturated carbocycles. The zero-order valence-corrected chi connectivity index (χ0v) is 13.0. The van der Waals surface area contributed by atoms with Gasteiger partial charge in [-0.25, -0.2) is 4.79 Å². The number of carboxylic acid groups (broad SMARTS) is 1. The molecule has 0 aliphatic carbocycles. The second kappa shape index (κ2) is 7.26. The molecule has 6 nitrogen and oxygen atoms in total. The summed E-state index contributed by atoms with van der Waals surface area (Å²) in [6.07, 6.45) is 2.31. The highest BCUT2D eigenvalue weighted by molar-refractivity contribution is 6.01. The van der Waals surface area contributed by atoms with E-state index in [4.69, 9.17) is 4.74 Å². The number of nitrogens with one attached hydrogen (secondary N) is 1. The van der Waals surface area contributed by atoms with Crippen molar-refractivity contribution in [3.05, 3.63) is 23.8 Å². The summed E-state index contributed by atoms with van der Waals surface area (Å²) in [7, 11) is 1.41. The van der Waals surface area contributed by atoms with E-state index in [0.717, 1.165) is 25.2 Å². The molecule has 1 unspecified atom stereocenters. The van der Waals surface area contributed by atoms with Crippen LogP contribution in [0.1, 0.15) is 30.1 Å². The second-order valence-electron chi connectivity index (χ2n) is 5.71. The Kier molecular flexibility index (Phi) is 5.38. The minimum absolute atomic E-state index is 0.0974. The first kappa shape index (κ1) is 16.3. The van der Waals surface area contributed by atoms with Gasteiger partial charge >= 0.3 is 5.97 Å². The van der Waals surface area contributed by atoms with Crippen LogP contribution in [-0.2, 0) is 9.53 Å². The van der Waals surface area contributed by atoms with Gasteiger partial charge in [-0.15, -0.1) is 0 Å². The molecular formula is C16H22N2O4. The maximum Gasteiger partial charge on any atom is 0.337 e. The number of hydrogen-bond donors (Lipinski definition) is 2. The Hall–Kier alpha value is -2.08. The lowest BCUT2D eigenvalue weighted by molar-refractivity contribution is -0.119. The van der Waals surface area contributed by atoms with E-state index in [2.05, 4.69) is 17.1 Å². The monoisotopic (exact) mass is 306 g/mol. The molecule has 1 aliphatic rings. The fraction of sp³-hybridized carbons (Fsp3) is 0.500. The Morgan fingerprint density at radius 3 is 2.86 bits per heavy atom. The summed E-state index contributed by atoms with van der Waals surface area (Å²) in [6, 6.07) is 5.13. The number of carboxylic acids is 1. The smallest absolute Gasteiger partial charge is 0.337 e. The largest absolute Gasteiger partial charge is 0.478 e. The Labute approximate surface area is 130 Å². The van der Waals surface area contributed by atoms with Crippen LogP contribution in [0, 0.1) is 5.92 Å². The van der Waals surface area contributed by atoms with Crippen LogP contribution in [0.2, 0.25) is 0 Å². The zero-order valence-electron chi connectivity index (χ0n) is 13.0. The number of rotatable bonds is 5. The van der Waals surface area contributed by atoms with Gasteiger partial charge in [0.15, 0.2) is 0 Å². The SMILES string of the molecule is COCC(=O)Nc1ccc(N2CCCC(C)C2)cc1C(=O)O. The Bertz CT molecular complexity index is 559. The molecule has 0 aromatic heterocycles. The maximum absolute atomic E-state index is 11.6. The molecule has 1 fully saturated rings. The number of piperidine rings is 1. The van der Waals surface area contributed by atoms with Crippen molar-refractivity contribution in [1.29, 1.82) is 0 Å². The number of aromatic carboxylic acids is 1. The molecule has 0 bridgehead atoms. The van der Waals surface area contributed by atoms with Crippen molar-refractivity contribution in [1.82, 2.24) is 0 Å². The minimum Gasteiger partial charge on any atom is -0.478 e. The van der Waals surface area contributed by atoms with Gasteiger partial charge in [-0.3, -0.25) is 4.79 Å². The van der Waals surface area contributed by atoms with Gasteiger partial charge in [0.05, 0.1) is 11.3 Å². The number of amides is 1. The van der Waals surface area contributed by atoms with E-state index in [1.165, 1.54) is 13.5 Å². The molecular weight excluding hydrogens is 284 g/mol. The van der Waals surface area contributed by atoms with Gasteiger partial charge in [-0.2, -0.15) is 0 Å². The molecule has 1 amide bonds. The van der Waals surface area contributed by atoms with Gasteiger partial charge < -0.3 is 20.1 Å². The summed E-state index contributed by atoms with van der Waals surface area (Å²) in [5, 5.41) is 12.0. The summed E-state index contributed by atoms with van der Waals surface area (Å²) in [5.74, 6) is -0.827. The molecule has 1 aromatic carbocycles. The normalized spacial score (nSPS) is 18.1. The average Bonchev–Trinajstić information content (AvgIpc) is 2.47. The van der Waals surface area contributed by atoms with E-state index in [1.54, 1.807) is 12.1 Å². The molecule has 1 aromatic rings. The van der Waals surface area contributed by atoms with Crippen LogP contribution in [0.4, 0.5) is 11.4 Å². The lowest BCUT2D eigenvalue weighted by atomic mass is 9.99. The first-order chi connectivity index (χ1) is 10.5. The lowest BCUT2D eigenvalue weighted by Gasteiger charge is -2.33. The van der Waals surface area contributed by atoms with Crippen molar-refractivity contribution in [2.45, 2.75) is 19.8 Å². The van der Waals surface area contributed by atoms with Crippen LogP contribution in [-0.4, -0.2) is 43.8 Å². The highest BCUT2D eigenvalue weighted by Crippen LogP contribution is 2.27. The highest BCUT2D eigenvalue weighted by atomic mass is 16.5. The molecule has 1 atom stereocenters. The maximum atomic E-state index is 11.6. The van der Waals surface area contributed by atoms with Crippen molar-refractivity contribution in [3.63, 3.8) is 0 Å². The number of methoxy groups -OCH3 is 1. The predicted octanol–water partition coefficient (Wildman–Crippen LogP) is 2.21. The second-order valence-corrected chi connectivity index (χ2v) is 5.71. The molecule has 6 heteroatoms. The number of hydrogen-bond acceptors (Lipinski definition) is 4. The fourth-order valence-corrected chi connectivity index (χ4v) is 2.76. The van der Waals surface area contributed by atoms with Crippen molar-refractivity contribution in [3.8, 4) is 0 Å². The molecule has 1 aliphatic heterocycles. The number of nitrogens with zero attached hydrogens (tertiary/aromatic N) is 1.